The van der Waals surface area contributed by atoms with Crippen LogP contribution in [0, 0.1) is 5.92 Å². The van der Waals surface area contributed by atoms with Crippen molar-refractivity contribution in [3.63, 3.8) is 0 Å². The predicted octanol–water partition coefficient (Wildman–Crippen LogP) is 2.45. The lowest BCUT2D eigenvalue weighted by Gasteiger charge is -2.11. The molecule has 1 atom stereocenters. The lowest BCUT2D eigenvalue weighted by atomic mass is 9.98. The minimum Gasteiger partial charge on any atom is -0.465 e. The third kappa shape index (κ3) is 3.45. The number of hydrogen-bond donors (Lipinski definition) is 0. The molecular formula is C12H16O3S. The highest BCUT2D eigenvalue weighted by molar-refractivity contribution is 7.10. The number of rotatable bonds is 6. The van der Waals surface area contributed by atoms with Crippen LogP contribution in [0.2, 0.25) is 0 Å². The van der Waals surface area contributed by atoms with Gasteiger partial charge in [0.05, 0.1) is 6.61 Å². The molecule has 0 radical (unpaired) electrons. The third-order valence-corrected chi connectivity index (χ3v) is 3.17. The van der Waals surface area contributed by atoms with Crippen molar-refractivity contribution in [3.05, 3.63) is 22.4 Å². The summed E-state index contributed by atoms with van der Waals surface area (Å²) in [5.74, 6) is -1.06. The summed E-state index contributed by atoms with van der Waals surface area (Å²) in [5.41, 5.74) is 0. The maximum Gasteiger partial charge on any atom is 0.316 e. The molecular weight excluding hydrogens is 224 g/mol. The number of carbonyl (C=O) groups excluding carboxylic acids is 2. The van der Waals surface area contributed by atoms with Crippen LogP contribution in [-0.2, 0) is 20.7 Å². The molecule has 0 spiro atoms. The Morgan fingerprint density at radius 1 is 1.44 bits per heavy atom. The summed E-state index contributed by atoms with van der Waals surface area (Å²) >= 11 is 1.53. The van der Waals surface area contributed by atoms with Crippen molar-refractivity contribution >= 4 is 23.1 Å². The van der Waals surface area contributed by atoms with E-state index in [4.69, 9.17) is 4.74 Å². The zero-order valence-electron chi connectivity index (χ0n) is 9.56. The molecule has 1 unspecified atom stereocenters. The van der Waals surface area contributed by atoms with Gasteiger partial charge in [-0.1, -0.05) is 13.0 Å². The molecule has 1 rings (SSSR count). The fourth-order valence-electron chi connectivity index (χ4n) is 1.48. The first-order valence-corrected chi connectivity index (χ1v) is 6.28. The van der Waals surface area contributed by atoms with Crippen LogP contribution in [0.1, 0.15) is 25.1 Å². The average molecular weight is 240 g/mol. The zero-order chi connectivity index (χ0) is 12.0. The first kappa shape index (κ1) is 12.9. The number of carbonyl (C=O) groups is 2. The SMILES string of the molecule is CCOC(=O)C(CC)C(=O)Cc1cccs1. The number of Topliss-reactive ketones (excluding diaryl/α,β-unsaturated/α-hetero) is 1. The van der Waals surface area contributed by atoms with Gasteiger partial charge in [-0.05, 0) is 24.8 Å². The summed E-state index contributed by atoms with van der Waals surface area (Å²) in [6.07, 6.45) is 0.831. The van der Waals surface area contributed by atoms with Gasteiger partial charge in [-0.25, -0.2) is 0 Å². The van der Waals surface area contributed by atoms with E-state index >= 15 is 0 Å². The van der Waals surface area contributed by atoms with Crippen LogP contribution in [0.15, 0.2) is 17.5 Å². The van der Waals surface area contributed by atoms with Crippen LogP contribution in [0.3, 0.4) is 0 Å². The van der Waals surface area contributed by atoms with Crippen molar-refractivity contribution in [2.24, 2.45) is 5.92 Å². The lowest BCUT2D eigenvalue weighted by molar-refractivity contribution is -0.151. The van der Waals surface area contributed by atoms with Crippen molar-refractivity contribution < 1.29 is 14.3 Å². The van der Waals surface area contributed by atoms with E-state index < -0.39 is 11.9 Å². The first-order chi connectivity index (χ1) is 7.69. The number of thiophene rings is 1. The number of ether oxygens (including phenoxy) is 1. The quantitative estimate of drug-likeness (QED) is 0.566. The molecule has 16 heavy (non-hydrogen) atoms. The minimum absolute atomic E-state index is 0.0524. The molecule has 0 N–H and O–H groups in total. The molecule has 3 nitrogen and oxygen atoms in total. The Labute approximate surface area is 99.4 Å². The standard InChI is InChI=1S/C12H16O3S/c1-3-10(12(14)15-4-2)11(13)8-9-6-5-7-16-9/h5-7,10H,3-4,8H2,1-2H3. The minimum atomic E-state index is -0.609. The van der Waals surface area contributed by atoms with Crippen LogP contribution in [0.25, 0.3) is 0 Å². The van der Waals surface area contributed by atoms with E-state index in [0.29, 0.717) is 19.4 Å². The normalized spacial score (nSPS) is 12.1. The number of esters is 1. The zero-order valence-corrected chi connectivity index (χ0v) is 10.4. The molecule has 0 amide bonds. The van der Waals surface area contributed by atoms with E-state index in [0.717, 1.165) is 4.88 Å². The summed E-state index contributed by atoms with van der Waals surface area (Å²) in [4.78, 5) is 24.4. The summed E-state index contributed by atoms with van der Waals surface area (Å²) in [7, 11) is 0. The molecule has 1 heterocycles. The summed E-state index contributed by atoms with van der Waals surface area (Å²) in [5, 5.41) is 1.92. The number of ketones is 1. The Balaban J connectivity index is 2.59. The maximum atomic E-state index is 11.9. The van der Waals surface area contributed by atoms with Gasteiger partial charge in [0.1, 0.15) is 5.92 Å². The predicted molar refractivity (Wildman–Crippen MR) is 63.4 cm³/mol. The molecule has 0 aliphatic carbocycles. The molecule has 4 heteroatoms. The molecule has 0 saturated carbocycles. The van der Waals surface area contributed by atoms with Crippen molar-refractivity contribution in [2.75, 3.05) is 6.61 Å². The Morgan fingerprint density at radius 2 is 2.19 bits per heavy atom. The van der Waals surface area contributed by atoms with Gasteiger partial charge in [-0.15, -0.1) is 11.3 Å². The lowest BCUT2D eigenvalue weighted by Crippen LogP contribution is -2.26. The van der Waals surface area contributed by atoms with E-state index in [-0.39, 0.29) is 5.78 Å². The Morgan fingerprint density at radius 3 is 2.69 bits per heavy atom. The van der Waals surface area contributed by atoms with Crippen LogP contribution in [0.5, 0.6) is 0 Å². The maximum absolute atomic E-state index is 11.9. The largest absolute Gasteiger partial charge is 0.465 e. The van der Waals surface area contributed by atoms with Gasteiger partial charge in [0, 0.05) is 11.3 Å². The van der Waals surface area contributed by atoms with Gasteiger partial charge >= 0.3 is 5.97 Å². The molecule has 0 aliphatic rings. The molecule has 0 aromatic carbocycles. The highest BCUT2D eigenvalue weighted by Crippen LogP contribution is 2.15. The smallest absolute Gasteiger partial charge is 0.316 e. The highest BCUT2D eigenvalue weighted by Gasteiger charge is 2.25. The second-order valence-corrected chi connectivity index (χ2v) is 4.47. The van der Waals surface area contributed by atoms with Crippen LogP contribution < -0.4 is 0 Å². The fourth-order valence-corrected chi connectivity index (χ4v) is 2.19. The van der Waals surface area contributed by atoms with E-state index in [1.807, 2.05) is 24.4 Å². The summed E-state index contributed by atoms with van der Waals surface area (Å²) in [6.45, 7) is 3.89. The Hall–Kier alpha value is -1.16. The Bertz CT molecular complexity index is 343. The molecule has 1 aromatic heterocycles. The van der Waals surface area contributed by atoms with Gasteiger partial charge in [0.25, 0.3) is 0 Å². The van der Waals surface area contributed by atoms with Crippen LogP contribution in [-0.4, -0.2) is 18.4 Å². The van der Waals surface area contributed by atoms with E-state index in [1.54, 1.807) is 6.92 Å². The van der Waals surface area contributed by atoms with Crippen molar-refractivity contribution in [2.45, 2.75) is 26.7 Å². The summed E-state index contributed by atoms with van der Waals surface area (Å²) < 4.78 is 4.88. The molecule has 0 fully saturated rings. The fraction of sp³-hybridized carbons (Fsp3) is 0.500. The van der Waals surface area contributed by atoms with Crippen molar-refractivity contribution in [3.8, 4) is 0 Å². The molecule has 88 valence electrons. The molecule has 1 aromatic rings. The van der Waals surface area contributed by atoms with Gasteiger partial charge in [-0.3, -0.25) is 9.59 Å². The van der Waals surface area contributed by atoms with Crippen molar-refractivity contribution in [1.29, 1.82) is 0 Å². The second-order valence-electron chi connectivity index (χ2n) is 3.44. The van der Waals surface area contributed by atoms with E-state index in [9.17, 15) is 9.59 Å². The number of hydrogen-bond acceptors (Lipinski definition) is 4. The van der Waals surface area contributed by atoms with Crippen LogP contribution in [0.4, 0.5) is 0 Å². The second kappa shape index (κ2) is 6.43. The highest BCUT2D eigenvalue weighted by atomic mass is 32.1. The van der Waals surface area contributed by atoms with Gasteiger partial charge in [0.2, 0.25) is 0 Å². The molecule has 0 bridgehead atoms. The average Bonchev–Trinajstić information content (AvgIpc) is 2.71. The van der Waals surface area contributed by atoms with Gasteiger partial charge in [-0.2, -0.15) is 0 Å². The van der Waals surface area contributed by atoms with E-state index in [1.165, 1.54) is 11.3 Å². The van der Waals surface area contributed by atoms with Crippen LogP contribution >= 0.6 is 11.3 Å². The van der Waals surface area contributed by atoms with E-state index in [2.05, 4.69) is 0 Å². The molecule has 0 saturated heterocycles. The monoisotopic (exact) mass is 240 g/mol. The Kier molecular flexibility index (Phi) is 5.19. The van der Waals surface area contributed by atoms with Gasteiger partial charge < -0.3 is 4.74 Å². The summed E-state index contributed by atoms with van der Waals surface area (Å²) in [6, 6.07) is 3.80. The molecule has 0 aliphatic heterocycles. The topological polar surface area (TPSA) is 43.4 Å². The van der Waals surface area contributed by atoms with Crippen molar-refractivity contribution in [1.82, 2.24) is 0 Å². The first-order valence-electron chi connectivity index (χ1n) is 5.40. The van der Waals surface area contributed by atoms with Gasteiger partial charge in [0.15, 0.2) is 5.78 Å². The third-order valence-electron chi connectivity index (χ3n) is 2.30.